The summed E-state index contributed by atoms with van der Waals surface area (Å²) in [4.78, 5) is 25.7. The fraction of sp³-hybridized carbons (Fsp3) is 0.533. The maximum absolute atomic E-state index is 11.8. The highest BCUT2D eigenvalue weighted by Gasteiger charge is 2.32. The maximum atomic E-state index is 11.8. The van der Waals surface area contributed by atoms with Crippen molar-refractivity contribution in [1.82, 2.24) is 9.55 Å². The topological polar surface area (TPSA) is 105 Å². The lowest BCUT2D eigenvalue weighted by Crippen LogP contribution is -2.33. The average molecular weight is 306 g/mol. The van der Waals surface area contributed by atoms with Crippen LogP contribution in [0.2, 0.25) is 0 Å². The number of aromatic amines is 1. The fourth-order valence-electron chi connectivity index (χ4n) is 2.12. The van der Waals surface area contributed by atoms with Gasteiger partial charge in [-0.25, -0.2) is 4.79 Å². The van der Waals surface area contributed by atoms with E-state index in [1.807, 2.05) is 0 Å². The summed E-state index contributed by atoms with van der Waals surface area (Å²) in [6.45, 7) is 5.65. The predicted octanol–water partition coefficient (Wildman–Crippen LogP) is -0.590. The Hall–Kier alpha value is -1.88. The molecule has 2 rings (SSSR count). The van der Waals surface area contributed by atoms with E-state index in [2.05, 4.69) is 16.8 Å². The van der Waals surface area contributed by atoms with E-state index >= 15 is 0 Å². The lowest BCUT2D eigenvalue weighted by molar-refractivity contribution is 0.00330. The zero-order valence-corrected chi connectivity index (χ0v) is 12.0. The van der Waals surface area contributed by atoms with E-state index in [0.29, 0.717) is 12.8 Å². The van der Waals surface area contributed by atoms with Gasteiger partial charge in [-0.05, 0) is 19.8 Å². The Labute approximate surface area is 127 Å². The summed E-state index contributed by atoms with van der Waals surface area (Å²) < 4.78 is 6.46. The molecule has 0 spiro atoms. The molecule has 2 radical (unpaired) electrons. The third-order valence-electron chi connectivity index (χ3n) is 3.35. The number of hydrogen-bond donors (Lipinski definition) is 3. The molecule has 0 saturated carbocycles. The van der Waals surface area contributed by atoms with Gasteiger partial charge in [0.2, 0.25) is 0 Å². The summed E-state index contributed by atoms with van der Waals surface area (Å²) in [6, 6.07) is 0. The van der Waals surface area contributed by atoms with Gasteiger partial charge >= 0.3 is 5.69 Å². The van der Waals surface area contributed by atoms with Gasteiger partial charge in [0.15, 0.2) is 0 Å². The third-order valence-corrected chi connectivity index (χ3v) is 3.35. The summed E-state index contributed by atoms with van der Waals surface area (Å²) in [5, 5.41) is 18.3. The molecule has 0 aliphatic carbocycles. The van der Waals surface area contributed by atoms with Crippen molar-refractivity contribution in [3.05, 3.63) is 39.5 Å². The molecule has 1 saturated heterocycles. The molecule has 1 aromatic rings. The Bertz CT molecular complexity index is 672. The summed E-state index contributed by atoms with van der Waals surface area (Å²) in [6.07, 6.45) is 0.941. The van der Waals surface area contributed by atoms with Gasteiger partial charge in [-0.3, -0.25) is 14.3 Å². The van der Waals surface area contributed by atoms with Crippen molar-refractivity contribution < 1.29 is 14.9 Å². The number of nitrogens with zero attached hydrogens (tertiary/aromatic N) is 1. The molecule has 22 heavy (non-hydrogen) atoms. The maximum Gasteiger partial charge on any atom is 0.330 e. The zero-order valence-electron chi connectivity index (χ0n) is 12.0. The molecule has 3 N–H and O–H groups in total. The van der Waals surface area contributed by atoms with Crippen LogP contribution in [0.25, 0.3) is 0 Å². The van der Waals surface area contributed by atoms with E-state index in [-0.39, 0.29) is 18.6 Å². The molecule has 0 amide bonds. The highest BCUT2D eigenvalue weighted by molar-refractivity contribution is 5.29. The number of unbranched alkanes of at least 4 members (excludes halogenated alkanes) is 2. The van der Waals surface area contributed by atoms with Crippen molar-refractivity contribution in [2.45, 2.75) is 44.1 Å². The van der Waals surface area contributed by atoms with Crippen molar-refractivity contribution in [3.63, 3.8) is 0 Å². The average Bonchev–Trinajstić information content (AvgIpc) is 2.80. The number of H-pyrrole nitrogens is 1. The molecule has 0 aromatic carbocycles. The second-order valence-corrected chi connectivity index (χ2v) is 5.05. The summed E-state index contributed by atoms with van der Waals surface area (Å²) in [5.74, 6) is 5.52. The molecule has 2 heterocycles. The van der Waals surface area contributed by atoms with Crippen LogP contribution in [0.5, 0.6) is 0 Å². The molecule has 3 atom stereocenters. The second-order valence-electron chi connectivity index (χ2n) is 5.05. The summed E-state index contributed by atoms with van der Waals surface area (Å²) >= 11 is 0. The van der Waals surface area contributed by atoms with Crippen molar-refractivity contribution >= 4 is 0 Å². The Kier molecular flexibility index (Phi) is 5.55. The Morgan fingerprint density at radius 3 is 2.86 bits per heavy atom. The molecule has 7 heteroatoms. The number of aliphatic hydroxyl groups is 2. The first kappa shape index (κ1) is 16.5. The van der Waals surface area contributed by atoms with E-state index in [4.69, 9.17) is 16.8 Å². The quantitative estimate of drug-likeness (QED) is 0.509. The van der Waals surface area contributed by atoms with Crippen molar-refractivity contribution in [3.8, 4) is 11.8 Å². The molecule has 1 fully saturated rings. The number of aromatic nitrogens is 2. The van der Waals surface area contributed by atoms with Crippen LogP contribution in [0.3, 0.4) is 0 Å². The Morgan fingerprint density at radius 2 is 2.23 bits per heavy atom. The van der Waals surface area contributed by atoms with Crippen molar-refractivity contribution in [2.24, 2.45) is 0 Å². The smallest absolute Gasteiger partial charge is 0.330 e. The van der Waals surface area contributed by atoms with Crippen LogP contribution in [0.1, 0.15) is 37.5 Å². The molecular formula is C15H18N2O5. The molecule has 7 nitrogen and oxygen atoms in total. The SMILES string of the molecule is [CH][C@H]1O[C@@H](n2cc(C#CCCCCO)c(=O)[nH]c2=O)C[C@H]1O. The van der Waals surface area contributed by atoms with Gasteiger partial charge in [-0.2, -0.15) is 0 Å². The van der Waals surface area contributed by atoms with Crippen LogP contribution in [0, 0.1) is 18.8 Å². The standard InChI is InChI=1S/C15H18N2O5/c1-10-12(19)8-13(22-10)17-9-11(14(20)16-15(17)21)6-4-2-3-5-7-18/h1,9-10,12-13,18-19H,2-3,5,7-8H2,(H,16,20,21)/t10-,12-,13-/m1/s1. The monoisotopic (exact) mass is 306 g/mol. The van der Waals surface area contributed by atoms with Gasteiger partial charge in [-0.15, -0.1) is 0 Å². The minimum atomic E-state index is -0.864. The first-order chi connectivity index (χ1) is 10.5. The molecule has 118 valence electrons. The lowest BCUT2D eigenvalue weighted by atomic mass is 10.2. The first-order valence-corrected chi connectivity index (χ1v) is 7.07. The van der Waals surface area contributed by atoms with E-state index < -0.39 is 29.7 Å². The van der Waals surface area contributed by atoms with Gasteiger partial charge in [0, 0.05) is 25.6 Å². The fourth-order valence-corrected chi connectivity index (χ4v) is 2.12. The van der Waals surface area contributed by atoms with Crippen LogP contribution in [0.4, 0.5) is 0 Å². The molecule has 1 aliphatic rings. The molecule has 1 aliphatic heterocycles. The van der Waals surface area contributed by atoms with Gasteiger partial charge < -0.3 is 14.9 Å². The van der Waals surface area contributed by atoms with E-state index in [9.17, 15) is 14.7 Å². The normalized spacial score (nSPS) is 24.0. The molecule has 0 unspecified atom stereocenters. The van der Waals surface area contributed by atoms with Crippen LogP contribution < -0.4 is 11.2 Å². The summed E-state index contributed by atoms with van der Waals surface area (Å²) in [7, 11) is 0. The number of ether oxygens (including phenoxy) is 1. The van der Waals surface area contributed by atoms with Gasteiger partial charge in [0.1, 0.15) is 11.8 Å². The second kappa shape index (κ2) is 7.40. The van der Waals surface area contributed by atoms with Crippen LogP contribution >= 0.6 is 0 Å². The minimum absolute atomic E-state index is 0.106. The molecule has 0 bridgehead atoms. The van der Waals surface area contributed by atoms with Gasteiger partial charge in [0.25, 0.3) is 5.56 Å². The minimum Gasteiger partial charge on any atom is -0.396 e. The predicted molar refractivity (Wildman–Crippen MR) is 78.0 cm³/mol. The van der Waals surface area contributed by atoms with Crippen LogP contribution in [-0.2, 0) is 4.74 Å². The van der Waals surface area contributed by atoms with E-state index in [0.717, 1.165) is 6.42 Å². The Balaban J connectivity index is 2.20. The highest BCUT2D eigenvalue weighted by atomic mass is 16.5. The van der Waals surface area contributed by atoms with Crippen LogP contribution in [0.15, 0.2) is 15.8 Å². The lowest BCUT2D eigenvalue weighted by Gasteiger charge is -2.13. The molecule has 1 aromatic heterocycles. The van der Waals surface area contributed by atoms with E-state index in [1.54, 1.807) is 0 Å². The van der Waals surface area contributed by atoms with Crippen molar-refractivity contribution in [1.29, 1.82) is 0 Å². The van der Waals surface area contributed by atoms with E-state index in [1.165, 1.54) is 10.8 Å². The zero-order chi connectivity index (χ0) is 16.1. The Morgan fingerprint density at radius 1 is 1.45 bits per heavy atom. The highest BCUT2D eigenvalue weighted by Crippen LogP contribution is 2.26. The van der Waals surface area contributed by atoms with Crippen LogP contribution in [-0.4, -0.2) is 38.6 Å². The number of aliphatic hydroxyl groups excluding tert-OH is 2. The molecular weight excluding hydrogens is 288 g/mol. The summed E-state index contributed by atoms with van der Waals surface area (Å²) in [5.41, 5.74) is -1.07. The third kappa shape index (κ3) is 3.85. The van der Waals surface area contributed by atoms with Crippen molar-refractivity contribution in [2.75, 3.05) is 6.61 Å². The van der Waals surface area contributed by atoms with Gasteiger partial charge in [0.05, 0.1) is 12.2 Å². The number of nitrogens with one attached hydrogen (secondary N) is 1. The first-order valence-electron chi connectivity index (χ1n) is 7.07. The van der Waals surface area contributed by atoms with Gasteiger partial charge in [-0.1, -0.05) is 11.8 Å². The number of hydrogen-bond acceptors (Lipinski definition) is 5. The number of rotatable bonds is 4. The largest absolute Gasteiger partial charge is 0.396 e.